The van der Waals surface area contributed by atoms with Crippen molar-refractivity contribution in [3.8, 4) is 11.3 Å². The third kappa shape index (κ3) is 2.63. The first kappa shape index (κ1) is 17.8. The fourth-order valence-corrected chi connectivity index (χ4v) is 5.37. The normalized spacial score (nSPS) is 23.7. The number of aryl methyl sites for hydroxylation is 1. The summed E-state index contributed by atoms with van der Waals surface area (Å²) in [7, 11) is 0. The molecule has 8 nitrogen and oxygen atoms in total. The topological polar surface area (TPSA) is 95.8 Å². The van der Waals surface area contributed by atoms with E-state index in [9.17, 15) is 5.11 Å². The largest absolute Gasteiger partial charge is 0.396 e. The average molecular weight is 403 g/mol. The van der Waals surface area contributed by atoms with Crippen LogP contribution in [0.2, 0.25) is 0 Å². The maximum atomic E-state index is 9.65. The highest BCUT2D eigenvalue weighted by Gasteiger charge is 2.42. The van der Waals surface area contributed by atoms with Gasteiger partial charge in [-0.05, 0) is 50.7 Å². The molecular formula is C22H25N7O. The summed E-state index contributed by atoms with van der Waals surface area (Å²) in [4.78, 5) is 24.5. The van der Waals surface area contributed by atoms with Crippen LogP contribution < -0.4 is 4.90 Å². The van der Waals surface area contributed by atoms with E-state index >= 15 is 0 Å². The number of imidazole rings is 2. The van der Waals surface area contributed by atoms with Gasteiger partial charge in [-0.15, -0.1) is 0 Å². The first-order valence-electron chi connectivity index (χ1n) is 10.8. The highest BCUT2D eigenvalue weighted by atomic mass is 16.3. The SMILES string of the molecule is CCn1cnc2cc(-c3nc(N4C5CCC4CC(CO)C5)nc4nc[nH]c34)ccc21. The number of aromatic nitrogens is 6. The molecule has 5 heterocycles. The standard InChI is InChI=1S/C22H25N7O/c1-2-28-12-25-17-9-14(3-6-18(17)28)19-20-21(24-11-23-20)27-22(26-19)29-15-4-5-16(29)8-13(7-15)10-30/h3,6,9,11-13,15-16,30H,2,4-5,7-8,10H2,1H3,(H,23,24,26,27). The second-order valence-electron chi connectivity index (χ2n) is 8.52. The summed E-state index contributed by atoms with van der Waals surface area (Å²) >= 11 is 0. The van der Waals surface area contributed by atoms with Gasteiger partial charge >= 0.3 is 0 Å². The summed E-state index contributed by atoms with van der Waals surface area (Å²) in [5.74, 6) is 1.15. The number of H-pyrrole nitrogens is 1. The smallest absolute Gasteiger partial charge is 0.228 e. The second-order valence-corrected chi connectivity index (χ2v) is 8.52. The Morgan fingerprint density at radius 3 is 2.73 bits per heavy atom. The number of rotatable bonds is 4. The maximum Gasteiger partial charge on any atom is 0.228 e. The van der Waals surface area contributed by atoms with Crippen molar-refractivity contribution in [2.24, 2.45) is 5.92 Å². The Morgan fingerprint density at radius 1 is 1.13 bits per heavy atom. The molecule has 3 aromatic heterocycles. The molecule has 2 aliphatic heterocycles. The highest BCUT2D eigenvalue weighted by molar-refractivity contribution is 5.91. The van der Waals surface area contributed by atoms with Gasteiger partial charge in [-0.3, -0.25) is 0 Å². The van der Waals surface area contributed by atoms with Gasteiger partial charge in [0.15, 0.2) is 5.65 Å². The zero-order chi connectivity index (χ0) is 20.2. The molecule has 4 aromatic rings. The Labute approximate surface area is 174 Å². The lowest BCUT2D eigenvalue weighted by atomic mass is 9.92. The second kappa shape index (κ2) is 6.77. The summed E-state index contributed by atoms with van der Waals surface area (Å²) in [6.07, 6.45) is 7.85. The van der Waals surface area contributed by atoms with E-state index in [1.54, 1.807) is 6.33 Å². The van der Waals surface area contributed by atoms with Gasteiger partial charge in [0, 0.05) is 30.8 Å². The van der Waals surface area contributed by atoms with Crippen LogP contribution in [-0.2, 0) is 6.54 Å². The van der Waals surface area contributed by atoms with Crippen molar-refractivity contribution in [1.29, 1.82) is 0 Å². The Morgan fingerprint density at radius 2 is 1.97 bits per heavy atom. The van der Waals surface area contributed by atoms with E-state index in [4.69, 9.17) is 9.97 Å². The highest BCUT2D eigenvalue weighted by Crippen LogP contribution is 2.41. The molecule has 2 saturated heterocycles. The summed E-state index contributed by atoms with van der Waals surface area (Å²) in [5.41, 5.74) is 5.51. The van der Waals surface area contributed by atoms with Gasteiger partial charge in [0.1, 0.15) is 11.2 Å². The zero-order valence-electron chi connectivity index (χ0n) is 17.0. The number of fused-ring (bicyclic) bond motifs is 4. The molecule has 0 aliphatic carbocycles. The third-order valence-corrected chi connectivity index (χ3v) is 6.83. The van der Waals surface area contributed by atoms with Gasteiger partial charge in [0.05, 0.1) is 23.7 Å². The van der Waals surface area contributed by atoms with Crippen LogP contribution in [0, 0.1) is 5.92 Å². The third-order valence-electron chi connectivity index (χ3n) is 6.83. The minimum absolute atomic E-state index is 0.274. The van der Waals surface area contributed by atoms with Crippen molar-refractivity contribution >= 4 is 28.1 Å². The minimum Gasteiger partial charge on any atom is -0.396 e. The number of nitrogens with zero attached hydrogens (tertiary/aromatic N) is 6. The number of piperidine rings is 1. The van der Waals surface area contributed by atoms with Crippen LogP contribution in [0.4, 0.5) is 5.95 Å². The number of aliphatic hydroxyl groups excluding tert-OH is 1. The summed E-state index contributed by atoms with van der Waals surface area (Å²) < 4.78 is 2.14. The Kier molecular flexibility index (Phi) is 4.02. The van der Waals surface area contributed by atoms with Gasteiger partial charge in [-0.25, -0.2) is 15.0 Å². The quantitative estimate of drug-likeness (QED) is 0.544. The van der Waals surface area contributed by atoms with Crippen LogP contribution in [0.15, 0.2) is 30.9 Å². The van der Waals surface area contributed by atoms with Crippen LogP contribution in [0.3, 0.4) is 0 Å². The van der Waals surface area contributed by atoms with E-state index < -0.39 is 0 Å². The van der Waals surface area contributed by atoms with Gasteiger partial charge in [0.2, 0.25) is 5.95 Å². The molecule has 2 unspecified atom stereocenters. The molecular weight excluding hydrogens is 378 g/mol. The van der Waals surface area contributed by atoms with E-state index in [0.29, 0.717) is 23.6 Å². The molecule has 2 bridgehead atoms. The minimum atomic E-state index is 0.274. The zero-order valence-corrected chi connectivity index (χ0v) is 17.0. The maximum absolute atomic E-state index is 9.65. The predicted octanol–water partition coefficient (Wildman–Crippen LogP) is 3.13. The van der Waals surface area contributed by atoms with Crippen molar-refractivity contribution in [2.75, 3.05) is 11.5 Å². The van der Waals surface area contributed by atoms with E-state index in [-0.39, 0.29) is 6.61 Å². The lowest BCUT2D eigenvalue weighted by Crippen LogP contribution is -2.44. The van der Waals surface area contributed by atoms with Crippen LogP contribution in [-0.4, -0.2) is 53.3 Å². The van der Waals surface area contributed by atoms with E-state index in [2.05, 4.69) is 49.5 Å². The fourth-order valence-electron chi connectivity index (χ4n) is 5.37. The molecule has 0 radical (unpaired) electrons. The summed E-state index contributed by atoms with van der Waals surface area (Å²) in [6, 6.07) is 7.11. The Hall–Kier alpha value is -3.00. The number of hydrogen-bond acceptors (Lipinski definition) is 6. The van der Waals surface area contributed by atoms with Crippen molar-refractivity contribution in [2.45, 2.75) is 51.2 Å². The van der Waals surface area contributed by atoms with Gasteiger partial charge in [0.25, 0.3) is 0 Å². The molecule has 30 heavy (non-hydrogen) atoms. The Bertz CT molecular complexity index is 1210. The number of aromatic amines is 1. The van der Waals surface area contributed by atoms with Gasteiger partial charge in [-0.2, -0.15) is 4.98 Å². The molecule has 2 atom stereocenters. The van der Waals surface area contributed by atoms with Crippen LogP contribution >= 0.6 is 0 Å². The monoisotopic (exact) mass is 403 g/mol. The number of anilines is 1. The number of aliphatic hydroxyl groups is 1. The molecule has 8 heteroatoms. The van der Waals surface area contributed by atoms with Crippen molar-refractivity contribution < 1.29 is 5.11 Å². The van der Waals surface area contributed by atoms with Crippen LogP contribution in [0.1, 0.15) is 32.6 Å². The van der Waals surface area contributed by atoms with Crippen LogP contribution in [0.25, 0.3) is 33.5 Å². The van der Waals surface area contributed by atoms with Crippen LogP contribution in [0.5, 0.6) is 0 Å². The first-order chi connectivity index (χ1) is 14.7. The molecule has 0 amide bonds. The summed E-state index contributed by atoms with van der Waals surface area (Å²) in [5, 5.41) is 9.65. The first-order valence-corrected chi connectivity index (χ1v) is 10.8. The lowest BCUT2D eigenvalue weighted by molar-refractivity contribution is 0.185. The predicted molar refractivity (Wildman–Crippen MR) is 115 cm³/mol. The molecule has 2 aliphatic rings. The molecule has 0 saturated carbocycles. The molecule has 154 valence electrons. The molecule has 6 rings (SSSR count). The average Bonchev–Trinajstić information content (AvgIpc) is 3.47. The number of nitrogens with one attached hydrogen (secondary N) is 1. The summed E-state index contributed by atoms with van der Waals surface area (Å²) in [6.45, 7) is 3.29. The van der Waals surface area contributed by atoms with E-state index in [0.717, 1.165) is 66.0 Å². The van der Waals surface area contributed by atoms with Gasteiger partial charge < -0.3 is 19.6 Å². The van der Waals surface area contributed by atoms with Crippen molar-refractivity contribution in [1.82, 2.24) is 29.5 Å². The van der Waals surface area contributed by atoms with Crippen molar-refractivity contribution in [3.05, 3.63) is 30.9 Å². The fraction of sp³-hybridized carbons (Fsp3) is 0.455. The van der Waals surface area contributed by atoms with Crippen molar-refractivity contribution in [3.63, 3.8) is 0 Å². The molecule has 2 N–H and O–H groups in total. The van der Waals surface area contributed by atoms with E-state index in [1.807, 2.05) is 6.33 Å². The van der Waals surface area contributed by atoms with E-state index in [1.165, 1.54) is 0 Å². The number of hydrogen-bond donors (Lipinski definition) is 2. The molecule has 0 spiro atoms. The number of benzene rings is 1. The molecule has 1 aromatic carbocycles. The van der Waals surface area contributed by atoms with Gasteiger partial charge in [-0.1, -0.05) is 6.07 Å². The molecule has 2 fully saturated rings. The Balaban J connectivity index is 1.47. The lowest BCUT2D eigenvalue weighted by Gasteiger charge is -2.38.